The molecule has 1 aromatic carbocycles. The lowest BCUT2D eigenvalue weighted by Gasteiger charge is -2.41. The Kier molecular flexibility index (Phi) is 3.98. The highest BCUT2D eigenvalue weighted by Crippen LogP contribution is 2.22. The van der Waals surface area contributed by atoms with Gasteiger partial charge < -0.3 is 15.2 Å². The second-order valence-electron chi connectivity index (χ2n) is 4.74. The maximum absolute atomic E-state index is 12.2. The Labute approximate surface area is 117 Å². The second-order valence-corrected chi connectivity index (χ2v) is 6.42. The van der Waals surface area contributed by atoms with Crippen LogP contribution in [0.15, 0.2) is 29.2 Å². The Balaban J connectivity index is 2.18. The fraction of sp³-hybridized carbons (Fsp3) is 0.417. The molecule has 0 radical (unpaired) electrons. The molecule has 2 rings (SSSR count). The molecule has 0 saturated carbocycles. The number of carbonyl (C=O) groups is 1. The van der Waals surface area contributed by atoms with Gasteiger partial charge in [0.1, 0.15) is 5.75 Å². The molecule has 1 aromatic rings. The number of carbonyl (C=O) groups excluding carboxylic acids is 1. The summed E-state index contributed by atoms with van der Waals surface area (Å²) in [4.78, 5) is 11.4. The molecule has 7 nitrogen and oxygen atoms in total. The van der Waals surface area contributed by atoms with Crippen molar-refractivity contribution in [3.63, 3.8) is 0 Å². The molecule has 0 aliphatic carbocycles. The second kappa shape index (κ2) is 5.39. The van der Waals surface area contributed by atoms with E-state index < -0.39 is 21.5 Å². The van der Waals surface area contributed by atoms with E-state index in [-0.39, 0.29) is 17.1 Å². The largest absolute Gasteiger partial charge is 0.508 e. The third kappa shape index (κ3) is 3.09. The van der Waals surface area contributed by atoms with Crippen LogP contribution in [0.4, 0.5) is 0 Å². The summed E-state index contributed by atoms with van der Waals surface area (Å²) in [7, 11) is -2.50. The molecule has 1 heterocycles. The van der Waals surface area contributed by atoms with E-state index in [1.54, 1.807) is 0 Å². The molecule has 110 valence electrons. The summed E-state index contributed by atoms with van der Waals surface area (Å²) in [6, 6.07) is 5.19. The third-order valence-electron chi connectivity index (χ3n) is 3.14. The van der Waals surface area contributed by atoms with Crippen LogP contribution in [-0.2, 0) is 19.6 Å². The van der Waals surface area contributed by atoms with Crippen LogP contribution in [0.2, 0.25) is 0 Å². The van der Waals surface area contributed by atoms with Gasteiger partial charge in [-0.15, -0.1) is 0 Å². The first-order valence-electron chi connectivity index (χ1n) is 5.97. The average Bonchev–Trinajstić information content (AvgIpc) is 2.36. The average molecular weight is 300 g/mol. The van der Waals surface area contributed by atoms with Gasteiger partial charge in [-0.1, -0.05) is 0 Å². The SMILES string of the molecule is COC(=O)CC1(NS(=O)(=O)c2ccc(O)cc2)CNC1. The number of aromatic hydroxyl groups is 1. The molecule has 1 aliphatic heterocycles. The fourth-order valence-corrected chi connectivity index (χ4v) is 3.38. The highest BCUT2D eigenvalue weighted by atomic mass is 32.2. The van der Waals surface area contributed by atoms with Crippen molar-refractivity contribution in [3.8, 4) is 5.75 Å². The van der Waals surface area contributed by atoms with Crippen LogP contribution in [0.25, 0.3) is 0 Å². The minimum Gasteiger partial charge on any atom is -0.508 e. The van der Waals surface area contributed by atoms with Gasteiger partial charge in [-0.2, -0.15) is 0 Å². The molecule has 0 atom stereocenters. The molecule has 20 heavy (non-hydrogen) atoms. The van der Waals surface area contributed by atoms with Gasteiger partial charge in [0.2, 0.25) is 10.0 Å². The Morgan fingerprint density at radius 2 is 2.00 bits per heavy atom. The van der Waals surface area contributed by atoms with Gasteiger partial charge in [0.25, 0.3) is 0 Å². The summed E-state index contributed by atoms with van der Waals surface area (Å²) in [6.07, 6.45) is -0.0339. The lowest BCUT2D eigenvalue weighted by molar-refractivity contribution is -0.142. The van der Waals surface area contributed by atoms with Gasteiger partial charge in [0.05, 0.1) is 24.0 Å². The van der Waals surface area contributed by atoms with Crippen LogP contribution in [0.5, 0.6) is 5.75 Å². The maximum Gasteiger partial charge on any atom is 0.307 e. The van der Waals surface area contributed by atoms with Crippen molar-refractivity contribution in [1.82, 2.24) is 10.0 Å². The standard InChI is InChI=1S/C12H16N2O5S/c1-19-11(16)6-12(7-13-8-12)14-20(17,18)10-4-2-9(15)3-5-10/h2-5,13-15H,6-8H2,1H3. The number of methoxy groups -OCH3 is 1. The highest BCUT2D eigenvalue weighted by molar-refractivity contribution is 7.89. The summed E-state index contributed by atoms with van der Waals surface area (Å²) in [5.74, 6) is -0.488. The van der Waals surface area contributed by atoms with Crippen LogP contribution >= 0.6 is 0 Å². The quantitative estimate of drug-likeness (QED) is 0.638. The van der Waals surface area contributed by atoms with Crippen molar-refractivity contribution in [1.29, 1.82) is 0 Å². The number of ether oxygens (including phenoxy) is 1. The first-order chi connectivity index (χ1) is 9.37. The fourth-order valence-electron chi connectivity index (χ4n) is 1.98. The van der Waals surface area contributed by atoms with E-state index in [0.717, 1.165) is 0 Å². The minimum atomic E-state index is -3.76. The van der Waals surface area contributed by atoms with Crippen LogP contribution in [-0.4, -0.2) is 45.2 Å². The van der Waals surface area contributed by atoms with Crippen molar-refractivity contribution >= 4 is 16.0 Å². The highest BCUT2D eigenvalue weighted by Gasteiger charge is 2.43. The first-order valence-corrected chi connectivity index (χ1v) is 7.46. The van der Waals surface area contributed by atoms with E-state index in [0.29, 0.717) is 13.1 Å². The number of sulfonamides is 1. The monoisotopic (exact) mass is 300 g/mol. The van der Waals surface area contributed by atoms with Gasteiger partial charge in [0, 0.05) is 13.1 Å². The zero-order valence-electron chi connectivity index (χ0n) is 10.9. The molecule has 8 heteroatoms. The zero-order valence-corrected chi connectivity index (χ0v) is 11.7. The van der Waals surface area contributed by atoms with Crippen molar-refractivity contribution in [2.75, 3.05) is 20.2 Å². The predicted molar refractivity (Wildman–Crippen MR) is 70.7 cm³/mol. The Morgan fingerprint density at radius 3 is 2.45 bits per heavy atom. The molecular weight excluding hydrogens is 284 g/mol. The van der Waals surface area contributed by atoms with E-state index >= 15 is 0 Å². The molecule has 0 amide bonds. The van der Waals surface area contributed by atoms with E-state index in [4.69, 9.17) is 0 Å². The molecule has 1 aliphatic rings. The molecule has 0 aromatic heterocycles. The summed E-state index contributed by atoms with van der Waals surface area (Å²) >= 11 is 0. The lowest BCUT2D eigenvalue weighted by atomic mass is 9.90. The molecule has 1 saturated heterocycles. The summed E-state index contributed by atoms with van der Waals surface area (Å²) in [5, 5.41) is 12.1. The topological polar surface area (TPSA) is 105 Å². The Bertz CT molecular complexity index is 593. The third-order valence-corrected chi connectivity index (χ3v) is 4.73. The van der Waals surface area contributed by atoms with Crippen LogP contribution < -0.4 is 10.0 Å². The Hall–Kier alpha value is -1.64. The van der Waals surface area contributed by atoms with E-state index in [9.17, 15) is 18.3 Å². The summed E-state index contributed by atoms with van der Waals surface area (Å²) < 4.78 is 31.6. The van der Waals surface area contributed by atoms with Gasteiger partial charge in [0.15, 0.2) is 0 Å². The number of hydrogen-bond donors (Lipinski definition) is 3. The number of rotatable bonds is 5. The van der Waals surface area contributed by atoms with Gasteiger partial charge in [-0.05, 0) is 24.3 Å². The van der Waals surface area contributed by atoms with Crippen molar-refractivity contribution in [3.05, 3.63) is 24.3 Å². The molecular formula is C12H16N2O5S. The number of phenolic OH excluding ortho intramolecular Hbond substituents is 1. The summed E-state index contributed by atoms with van der Waals surface area (Å²) in [6.45, 7) is 0.721. The lowest BCUT2D eigenvalue weighted by Crippen LogP contribution is -2.69. The number of hydrogen-bond acceptors (Lipinski definition) is 6. The number of phenols is 1. The molecule has 3 N–H and O–H groups in total. The van der Waals surface area contributed by atoms with Crippen LogP contribution in [0, 0.1) is 0 Å². The van der Waals surface area contributed by atoms with Gasteiger partial charge >= 0.3 is 5.97 Å². The molecule has 0 unspecified atom stereocenters. The van der Waals surface area contributed by atoms with Crippen molar-refractivity contribution in [2.45, 2.75) is 16.9 Å². The zero-order chi connectivity index (χ0) is 14.8. The Morgan fingerprint density at radius 1 is 1.40 bits per heavy atom. The van der Waals surface area contributed by atoms with Gasteiger partial charge in [-0.3, -0.25) is 4.79 Å². The number of esters is 1. The van der Waals surface area contributed by atoms with Crippen molar-refractivity contribution < 1.29 is 23.1 Å². The molecule has 0 bridgehead atoms. The normalized spacial score (nSPS) is 17.2. The predicted octanol–water partition coefficient (Wildman–Crippen LogP) is -0.424. The molecule has 0 spiro atoms. The minimum absolute atomic E-state index is 0.0152. The molecule has 1 fully saturated rings. The van der Waals surface area contributed by atoms with Crippen LogP contribution in [0.1, 0.15) is 6.42 Å². The van der Waals surface area contributed by atoms with E-state index in [2.05, 4.69) is 14.8 Å². The number of nitrogens with one attached hydrogen (secondary N) is 2. The van der Waals surface area contributed by atoms with Crippen LogP contribution in [0.3, 0.4) is 0 Å². The van der Waals surface area contributed by atoms with E-state index in [1.165, 1.54) is 31.4 Å². The van der Waals surface area contributed by atoms with Crippen molar-refractivity contribution in [2.24, 2.45) is 0 Å². The number of benzene rings is 1. The first kappa shape index (κ1) is 14.8. The smallest absolute Gasteiger partial charge is 0.307 e. The summed E-state index contributed by atoms with van der Waals surface area (Å²) in [5.41, 5.74) is -0.857. The van der Waals surface area contributed by atoms with Gasteiger partial charge in [-0.25, -0.2) is 13.1 Å². The van der Waals surface area contributed by atoms with E-state index in [1.807, 2.05) is 0 Å². The maximum atomic E-state index is 12.2.